The first kappa shape index (κ1) is 15.1. The largest absolute Gasteiger partial charge is 0.391 e. The van der Waals surface area contributed by atoms with Crippen LogP contribution in [0.3, 0.4) is 0 Å². The van der Waals surface area contributed by atoms with Crippen molar-refractivity contribution in [2.24, 2.45) is 12.5 Å². The SMILES string of the molecule is Cn1ncc([N+](=O)[O-])c1C(=O)NCC(O)C(C)(C)C. The molecule has 1 atom stereocenters. The topological polar surface area (TPSA) is 110 Å². The fraction of sp³-hybridized carbons (Fsp3) is 0.636. The van der Waals surface area contributed by atoms with Gasteiger partial charge in [-0.1, -0.05) is 20.8 Å². The highest BCUT2D eigenvalue weighted by molar-refractivity contribution is 5.96. The average molecular weight is 270 g/mol. The van der Waals surface area contributed by atoms with Crippen molar-refractivity contribution < 1.29 is 14.8 Å². The molecule has 19 heavy (non-hydrogen) atoms. The molecule has 1 heterocycles. The number of aromatic nitrogens is 2. The molecule has 8 nitrogen and oxygen atoms in total. The summed E-state index contributed by atoms with van der Waals surface area (Å²) in [6.07, 6.45) is 0.276. The van der Waals surface area contributed by atoms with Gasteiger partial charge < -0.3 is 10.4 Å². The minimum atomic E-state index is -0.747. The van der Waals surface area contributed by atoms with Gasteiger partial charge in [0.25, 0.3) is 5.91 Å². The van der Waals surface area contributed by atoms with Gasteiger partial charge in [0.2, 0.25) is 5.69 Å². The molecule has 0 aliphatic rings. The van der Waals surface area contributed by atoms with Gasteiger partial charge in [0, 0.05) is 13.6 Å². The second-order valence-electron chi connectivity index (χ2n) is 5.35. The number of hydrogen-bond acceptors (Lipinski definition) is 5. The van der Waals surface area contributed by atoms with Crippen LogP contribution in [0.2, 0.25) is 0 Å². The molecule has 1 aromatic rings. The maximum atomic E-state index is 11.9. The van der Waals surface area contributed by atoms with Crippen molar-refractivity contribution in [1.82, 2.24) is 15.1 Å². The van der Waals surface area contributed by atoms with E-state index in [4.69, 9.17) is 0 Å². The molecule has 0 saturated carbocycles. The van der Waals surface area contributed by atoms with Crippen molar-refractivity contribution in [3.8, 4) is 0 Å². The summed E-state index contributed by atoms with van der Waals surface area (Å²) in [6.45, 7) is 5.51. The molecular formula is C11H18N4O4. The summed E-state index contributed by atoms with van der Waals surface area (Å²) in [6, 6.07) is 0. The zero-order valence-corrected chi connectivity index (χ0v) is 11.4. The second-order valence-corrected chi connectivity index (χ2v) is 5.35. The lowest BCUT2D eigenvalue weighted by Gasteiger charge is -2.25. The Morgan fingerprint density at radius 3 is 2.68 bits per heavy atom. The molecule has 0 aliphatic carbocycles. The molecule has 1 amide bonds. The van der Waals surface area contributed by atoms with Crippen molar-refractivity contribution in [1.29, 1.82) is 0 Å². The van der Waals surface area contributed by atoms with Crippen LogP contribution in [-0.2, 0) is 7.05 Å². The van der Waals surface area contributed by atoms with E-state index in [2.05, 4.69) is 10.4 Å². The highest BCUT2D eigenvalue weighted by atomic mass is 16.6. The first-order chi connectivity index (χ1) is 8.64. The molecule has 0 fully saturated rings. The molecule has 0 aliphatic heterocycles. The first-order valence-corrected chi connectivity index (χ1v) is 5.77. The van der Waals surface area contributed by atoms with Gasteiger partial charge in [-0.2, -0.15) is 5.10 Å². The summed E-state index contributed by atoms with van der Waals surface area (Å²) >= 11 is 0. The summed E-state index contributed by atoms with van der Waals surface area (Å²) in [4.78, 5) is 22.0. The number of aryl methyl sites for hydroxylation is 1. The zero-order chi connectivity index (χ0) is 14.8. The van der Waals surface area contributed by atoms with Crippen molar-refractivity contribution in [2.75, 3.05) is 6.54 Å². The van der Waals surface area contributed by atoms with Gasteiger partial charge >= 0.3 is 5.69 Å². The van der Waals surface area contributed by atoms with Crippen LogP contribution in [-0.4, -0.2) is 38.4 Å². The Morgan fingerprint density at radius 1 is 1.63 bits per heavy atom. The number of aliphatic hydroxyl groups excluding tert-OH is 1. The van der Waals surface area contributed by atoms with Gasteiger partial charge in [0.1, 0.15) is 6.20 Å². The van der Waals surface area contributed by atoms with E-state index in [1.54, 1.807) is 0 Å². The van der Waals surface area contributed by atoms with Crippen molar-refractivity contribution in [3.63, 3.8) is 0 Å². The number of nitrogens with zero attached hydrogens (tertiary/aromatic N) is 3. The Balaban J connectivity index is 2.80. The number of amides is 1. The summed E-state index contributed by atoms with van der Waals surface area (Å²) in [5.41, 5.74) is -0.873. The number of aliphatic hydroxyl groups is 1. The van der Waals surface area contributed by atoms with Gasteiger partial charge in [0.15, 0.2) is 0 Å². The Bertz CT molecular complexity index is 489. The van der Waals surface area contributed by atoms with E-state index >= 15 is 0 Å². The molecule has 8 heteroatoms. The fourth-order valence-corrected chi connectivity index (χ4v) is 1.40. The normalized spacial score (nSPS) is 13.1. The fourth-order valence-electron chi connectivity index (χ4n) is 1.40. The van der Waals surface area contributed by atoms with Gasteiger partial charge in [-0.05, 0) is 5.41 Å². The van der Waals surface area contributed by atoms with E-state index in [0.29, 0.717) is 0 Å². The van der Waals surface area contributed by atoms with Gasteiger partial charge in [-0.25, -0.2) is 0 Å². The molecular weight excluding hydrogens is 252 g/mol. The van der Waals surface area contributed by atoms with E-state index in [0.717, 1.165) is 10.9 Å². The number of carbonyl (C=O) groups excluding carboxylic acids is 1. The van der Waals surface area contributed by atoms with Crippen LogP contribution < -0.4 is 5.32 Å². The van der Waals surface area contributed by atoms with E-state index in [1.165, 1.54) is 7.05 Å². The van der Waals surface area contributed by atoms with Crippen LogP contribution in [0.4, 0.5) is 5.69 Å². The van der Waals surface area contributed by atoms with E-state index < -0.39 is 16.9 Å². The molecule has 0 bridgehead atoms. The monoisotopic (exact) mass is 270 g/mol. The van der Waals surface area contributed by atoms with Crippen LogP contribution in [0.25, 0.3) is 0 Å². The van der Waals surface area contributed by atoms with Crippen LogP contribution >= 0.6 is 0 Å². The van der Waals surface area contributed by atoms with E-state index in [9.17, 15) is 20.0 Å². The minimum absolute atomic E-state index is 0.0185. The number of rotatable bonds is 4. The van der Waals surface area contributed by atoms with Crippen LogP contribution in [0.1, 0.15) is 31.3 Å². The summed E-state index contributed by atoms with van der Waals surface area (Å²) in [5, 5.41) is 26.7. The highest BCUT2D eigenvalue weighted by Gasteiger charge is 2.27. The van der Waals surface area contributed by atoms with E-state index in [1.807, 2.05) is 20.8 Å². The smallest absolute Gasteiger partial charge is 0.320 e. The van der Waals surface area contributed by atoms with Gasteiger partial charge in [0.05, 0.1) is 11.0 Å². The first-order valence-electron chi connectivity index (χ1n) is 5.77. The molecule has 1 aromatic heterocycles. The number of nitrogens with one attached hydrogen (secondary N) is 1. The van der Waals surface area contributed by atoms with Gasteiger partial charge in [-0.15, -0.1) is 0 Å². The number of nitro groups is 1. The Hall–Kier alpha value is -1.96. The van der Waals surface area contributed by atoms with Gasteiger partial charge in [-0.3, -0.25) is 19.6 Å². The molecule has 106 valence electrons. The lowest BCUT2D eigenvalue weighted by Crippen LogP contribution is -2.39. The van der Waals surface area contributed by atoms with Crippen LogP contribution in [0, 0.1) is 15.5 Å². The standard InChI is InChI=1S/C11H18N4O4/c1-11(2,3)8(16)6-12-10(17)9-7(15(18)19)5-13-14(9)4/h5,8,16H,6H2,1-4H3,(H,12,17). The molecule has 0 aromatic carbocycles. The summed E-state index contributed by atoms with van der Waals surface area (Å²) in [5.74, 6) is -0.630. The Morgan fingerprint density at radius 2 is 2.21 bits per heavy atom. The molecule has 0 radical (unpaired) electrons. The summed E-state index contributed by atoms with van der Waals surface area (Å²) in [7, 11) is 1.45. The molecule has 0 spiro atoms. The van der Waals surface area contributed by atoms with Crippen LogP contribution in [0.5, 0.6) is 0 Å². The van der Waals surface area contributed by atoms with E-state index in [-0.39, 0.29) is 23.3 Å². The maximum Gasteiger partial charge on any atom is 0.320 e. The van der Waals surface area contributed by atoms with Crippen molar-refractivity contribution in [2.45, 2.75) is 26.9 Å². The third kappa shape index (κ3) is 3.50. The third-order valence-electron chi connectivity index (χ3n) is 2.79. The molecule has 1 unspecified atom stereocenters. The van der Waals surface area contributed by atoms with Crippen LogP contribution in [0.15, 0.2) is 6.20 Å². The maximum absolute atomic E-state index is 11.9. The van der Waals surface area contributed by atoms with Crippen molar-refractivity contribution in [3.05, 3.63) is 22.0 Å². The predicted molar refractivity (Wildman–Crippen MR) is 67.7 cm³/mol. The second kappa shape index (κ2) is 5.35. The average Bonchev–Trinajstić information content (AvgIpc) is 2.66. The highest BCUT2D eigenvalue weighted by Crippen LogP contribution is 2.19. The molecule has 1 rings (SSSR count). The quantitative estimate of drug-likeness (QED) is 0.610. The lowest BCUT2D eigenvalue weighted by molar-refractivity contribution is -0.385. The Kier molecular flexibility index (Phi) is 4.25. The number of hydrogen-bond donors (Lipinski definition) is 2. The molecule has 2 N–H and O–H groups in total. The minimum Gasteiger partial charge on any atom is -0.391 e. The van der Waals surface area contributed by atoms with Crippen molar-refractivity contribution >= 4 is 11.6 Å². The predicted octanol–water partition coefficient (Wildman–Crippen LogP) is 0.465. The molecule has 0 saturated heterocycles. The number of carbonyl (C=O) groups is 1. The third-order valence-corrected chi connectivity index (χ3v) is 2.79. The zero-order valence-electron chi connectivity index (χ0n) is 11.4. The lowest BCUT2D eigenvalue weighted by atomic mass is 9.89. The Labute approximate surface area is 110 Å². The summed E-state index contributed by atoms with van der Waals surface area (Å²) < 4.78 is 1.14.